The summed E-state index contributed by atoms with van der Waals surface area (Å²) in [5.74, 6) is -0.105. The third-order valence-electron chi connectivity index (χ3n) is 2.81. The van der Waals surface area contributed by atoms with Crippen molar-refractivity contribution in [3.05, 3.63) is 0 Å². The SMILES string of the molecule is CCC(N)(CC)C(=O)N1CC(F)C1. The van der Waals surface area contributed by atoms with Crippen LogP contribution in [-0.2, 0) is 4.79 Å². The summed E-state index contributed by atoms with van der Waals surface area (Å²) in [6, 6.07) is 0. The molecule has 3 nitrogen and oxygen atoms in total. The molecule has 13 heavy (non-hydrogen) atoms. The average Bonchev–Trinajstić information content (AvgIpc) is 2.10. The van der Waals surface area contributed by atoms with E-state index in [0.29, 0.717) is 12.8 Å². The smallest absolute Gasteiger partial charge is 0.242 e. The van der Waals surface area contributed by atoms with Crippen LogP contribution in [0, 0.1) is 0 Å². The summed E-state index contributed by atoms with van der Waals surface area (Å²) in [5.41, 5.74) is 5.10. The van der Waals surface area contributed by atoms with Crippen LogP contribution in [0.15, 0.2) is 0 Å². The fourth-order valence-electron chi connectivity index (χ4n) is 1.46. The van der Waals surface area contributed by atoms with Crippen LogP contribution in [0.4, 0.5) is 4.39 Å². The Balaban J connectivity index is 2.55. The lowest BCUT2D eigenvalue weighted by Crippen LogP contribution is -2.62. The van der Waals surface area contributed by atoms with Gasteiger partial charge in [0.05, 0.1) is 18.6 Å². The molecule has 0 radical (unpaired) electrons. The molecule has 1 rings (SSSR count). The van der Waals surface area contributed by atoms with Crippen molar-refractivity contribution in [2.45, 2.75) is 38.4 Å². The van der Waals surface area contributed by atoms with E-state index in [4.69, 9.17) is 5.73 Å². The lowest BCUT2D eigenvalue weighted by molar-refractivity contribution is -0.144. The summed E-state index contributed by atoms with van der Waals surface area (Å²) in [7, 11) is 0. The number of nitrogens with two attached hydrogens (primary N) is 1. The van der Waals surface area contributed by atoms with E-state index in [1.807, 2.05) is 13.8 Å². The zero-order valence-corrected chi connectivity index (χ0v) is 8.22. The Kier molecular flexibility index (Phi) is 2.91. The second kappa shape index (κ2) is 3.62. The van der Waals surface area contributed by atoms with Gasteiger partial charge in [0.1, 0.15) is 6.17 Å². The van der Waals surface area contributed by atoms with E-state index in [2.05, 4.69) is 0 Å². The lowest BCUT2D eigenvalue weighted by Gasteiger charge is -2.40. The van der Waals surface area contributed by atoms with Gasteiger partial charge in [0.2, 0.25) is 5.91 Å². The van der Waals surface area contributed by atoms with Crippen molar-refractivity contribution in [2.24, 2.45) is 5.73 Å². The topological polar surface area (TPSA) is 46.3 Å². The van der Waals surface area contributed by atoms with Gasteiger partial charge in [0, 0.05) is 0 Å². The third-order valence-corrected chi connectivity index (χ3v) is 2.81. The molecule has 0 aliphatic carbocycles. The van der Waals surface area contributed by atoms with Gasteiger partial charge in [-0.2, -0.15) is 0 Å². The summed E-state index contributed by atoms with van der Waals surface area (Å²) in [6.07, 6.45) is 0.368. The Morgan fingerprint density at radius 1 is 1.54 bits per heavy atom. The summed E-state index contributed by atoms with van der Waals surface area (Å²) < 4.78 is 12.5. The number of halogens is 1. The van der Waals surface area contributed by atoms with Crippen molar-refractivity contribution >= 4 is 5.91 Å². The van der Waals surface area contributed by atoms with Gasteiger partial charge >= 0.3 is 0 Å². The molecule has 0 spiro atoms. The number of nitrogens with zero attached hydrogens (tertiary/aromatic N) is 1. The van der Waals surface area contributed by atoms with Crippen molar-refractivity contribution in [1.82, 2.24) is 4.90 Å². The molecule has 1 aliphatic heterocycles. The number of rotatable bonds is 3. The van der Waals surface area contributed by atoms with Crippen LogP contribution >= 0.6 is 0 Å². The Morgan fingerprint density at radius 2 is 2.00 bits per heavy atom. The van der Waals surface area contributed by atoms with E-state index in [1.165, 1.54) is 4.90 Å². The lowest BCUT2D eigenvalue weighted by atomic mass is 9.91. The van der Waals surface area contributed by atoms with Crippen LogP contribution in [0.2, 0.25) is 0 Å². The number of alkyl halides is 1. The van der Waals surface area contributed by atoms with Crippen LogP contribution in [0.3, 0.4) is 0 Å². The van der Waals surface area contributed by atoms with E-state index in [9.17, 15) is 9.18 Å². The highest BCUT2D eigenvalue weighted by Crippen LogP contribution is 2.20. The van der Waals surface area contributed by atoms with Crippen molar-refractivity contribution in [3.8, 4) is 0 Å². The molecule has 0 atom stereocenters. The second-order valence-corrected chi connectivity index (χ2v) is 3.67. The molecule has 0 bridgehead atoms. The number of carbonyl (C=O) groups excluding carboxylic acids is 1. The molecule has 1 heterocycles. The minimum atomic E-state index is -0.845. The summed E-state index contributed by atoms with van der Waals surface area (Å²) in [6.45, 7) is 4.21. The minimum Gasteiger partial charge on any atom is -0.335 e. The van der Waals surface area contributed by atoms with Gasteiger partial charge < -0.3 is 10.6 Å². The van der Waals surface area contributed by atoms with Gasteiger partial charge in [-0.3, -0.25) is 4.79 Å². The van der Waals surface area contributed by atoms with E-state index >= 15 is 0 Å². The zero-order chi connectivity index (χ0) is 10.1. The molecule has 4 heteroatoms. The minimum absolute atomic E-state index is 0.105. The van der Waals surface area contributed by atoms with Gasteiger partial charge in [0.25, 0.3) is 0 Å². The molecule has 0 aromatic rings. The highest BCUT2D eigenvalue weighted by Gasteiger charge is 2.39. The quantitative estimate of drug-likeness (QED) is 0.708. The Bertz CT molecular complexity index is 198. The van der Waals surface area contributed by atoms with Crippen molar-refractivity contribution in [2.75, 3.05) is 13.1 Å². The van der Waals surface area contributed by atoms with Gasteiger partial charge in [-0.1, -0.05) is 13.8 Å². The Labute approximate surface area is 78.1 Å². The molecule has 0 aromatic heterocycles. The first-order chi connectivity index (χ1) is 6.03. The van der Waals surface area contributed by atoms with Gasteiger partial charge in [-0.05, 0) is 12.8 Å². The third kappa shape index (κ3) is 1.82. The molecule has 2 N–H and O–H groups in total. The van der Waals surface area contributed by atoms with Gasteiger partial charge in [-0.15, -0.1) is 0 Å². The Morgan fingerprint density at radius 3 is 2.31 bits per heavy atom. The number of hydrogen-bond acceptors (Lipinski definition) is 2. The standard InChI is InChI=1S/C9H17FN2O/c1-3-9(11,4-2)8(13)12-5-7(10)6-12/h7H,3-6,11H2,1-2H3. The number of amides is 1. The van der Waals surface area contributed by atoms with Crippen LogP contribution in [0.5, 0.6) is 0 Å². The first-order valence-corrected chi connectivity index (χ1v) is 4.75. The maximum atomic E-state index is 12.5. The van der Waals surface area contributed by atoms with Crippen molar-refractivity contribution < 1.29 is 9.18 Å². The fourth-order valence-corrected chi connectivity index (χ4v) is 1.46. The van der Waals surface area contributed by atoms with Crippen LogP contribution in [-0.4, -0.2) is 35.6 Å². The van der Waals surface area contributed by atoms with E-state index in [1.54, 1.807) is 0 Å². The normalized spacial score (nSPS) is 18.6. The van der Waals surface area contributed by atoms with Crippen molar-refractivity contribution in [3.63, 3.8) is 0 Å². The Hall–Kier alpha value is -0.640. The highest BCUT2D eigenvalue weighted by atomic mass is 19.1. The number of likely N-dealkylation sites (tertiary alicyclic amines) is 1. The zero-order valence-electron chi connectivity index (χ0n) is 8.22. The second-order valence-electron chi connectivity index (χ2n) is 3.67. The maximum Gasteiger partial charge on any atom is 0.242 e. The van der Waals surface area contributed by atoms with Gasteiger partial charge in [0.15, 0.2) is 0 Å². The highest BCUT2D eigenvalue weighted by molar-refractivity contribution is 5.86. The van der Waals surface area contributed by atoms with E-state index < -0.39 is 11.7 Å². The van der Waals surface area contributed by atoms with E-state index in [-0.39, 0.29) is 19.0 Å². The molecule has 1 aliphatic rings. The van der Waals surface area contributed by atoms with Crippen LogP contribution in [0.1, 0.15) is 26.7 Å². The molecule has 0 unspecified atom stereocenters. The number of carbonyl (C=O) groups is 1. The monoisotopic (exact) mass is 188 g/mol. The molecule has 1 fully saturated rings. The maximum absolute atomic E-state index is 12.5. The predicted octanol–water partition coefficient (Wildman–Crippen LogP) is 0.684. The fraction of sp³-hybridized carbons (Fsp3) is 0.889. The summed E-state index contributed by atoms with van der Waals surface area (Å²) in [5, 5.41) is 0. The molecule has 0 aromatic carbocycles. The van der Waals surface area contributed by atoms with Crippen LogP contribution in [0.25, 0.3) is 0 Å². The molecule has 76 valence electrons. The first kappa shape index (κ1) is 10.4. The first-order valence-electron chi connectivity index (χ1n) is 4.75. The largest absolute Gasteiger partial charge is 0.335 e. The summed E-state index contributed by atoms with van der Waals surface area (Å²) >= 11 is 0. The molecular formula is C9H17FN2O. The number of hydrogen-bond donors (Lipinski definition) is 1. The molecule has 0 saturated carbocycles. The summed E-state index contributed by atoms with van der Waals surface area (Å²) in [4.78, 5) is 13.2. The predicted molar refractivity (Wildman–Crippen MR) is 49.0 cm³/mol. The average molecular weight is 188 g/mol. The van der Waals surface area contributed by atoms with Crippen molar-refractivity contribution in [1.29, 1.82) is 0 Å². The molecule has 1 saturated heterocycles. The van der Waals surface area contributed by atoms with Crippen LogP contribution < -0.4 is 5.73 Å². The molecular weight excluding hydrogens is 171 g/mol. The van der Waals surface area contributed by atoms with Gasteiger partial charge in [-0.25, -0.2) is 4.39 Å². The van der Waals surface area contributed by atoms with E-state index in [0.717, 1.165) is 0 Å². The molecule has 1 amide bonds.